The highest BCUT2D eigenvalue weighted by atomic mass is 32.3. The molecule has 132 valence electrons. The fourth-order valence-electron chi connectivity index (χ4n) is 2.21. The zero-order chi connectivity index (χ0) is 18.0. The number of carbonyl (C=O) groups is 1. The Balaban J connectivity index is 3.22. The molecule has 1 aromatic rings. The molecule has 9 heteroatoms. The second-order valence-electron chi connectivity index (χ2n) is 5.52. The molecular weight excluding hydrogens is 342 g/mol. The van der Waals surface area contributed by atoms with Crippen LogP contribution in [-0.2, 0) is 18.2 Å². The molecule has 0 bridgehead atoms. The maximum absolute atomic E-state index is 11.6. The van der Waals surface area contributed by atoms with E-state index in [0.717, 1.165) is 23.1 Å². The summed E-state index contributed by atoms with van der Waals surface area (Å²) in [5, 5.41) is 0. The summed E-state index contributed by atoms with van der Waals surface area (Å²) in [5.74, 6) is 0.396. The number of rotatable bonds is 5. The summed E-state index contributed by atoms with van der Waals surface area (Å²) in [6.07, 6.45) is 2.94. The van der Waals surface area contributed by atoms with E-state index in [-0.39, 0.29) is 0 Å². The highest BCUT2D eigenvalue weighted by Gasteiger charge is 2.28. The number of aryl methyl sites for hydroxylation is 2. The fourth-order valence-corrected chi connectivity index (χ4v) is 6.04. The molecule has 0 radical (unpaired) electrons. The van der Waals surface area contributed by atoms with E-state index in [9.17, 15) is 13.2 Å². The van der Waals surface area contributed by atoms with Crippen LogP contribution in [0.2, 0.25) is 0 Å². The first-order valence-corrected chi connectivity index (χ1v) is 10.4. The van der Waals surface area contributed by atoms with Gasteiger partial charge < -0.3 is 9.64 Å². The van der Waals surface area contributed by atoms with Gasteiger partial charge in [0.15, 0.2) is 0 Å². The van der Waals surface area contributed by atoms with Gasteiger partial charge in [-0.25, -0.2) is 4.79 Å². The van der Waals surface area contributed by atoms with Crippen LogP contribution in [0.4, 0.5) is 4.79 Å². The van der Waals surface area contributed by atoms with Crippen molar-refractivity contribution < 1.29 is 25.8 Å². The van der Waals surface area contributed by atoms with Gasteiger partial charge in [0.05, 0.1) is 7.11 Å². The third-order valence-electron chi connectivity index (χ3n) is 2.95. The van der Waals surface area contributed by atoms with Crippen molar-refractivity contribution in [1.82, 2.24) is 4.90 Å². The van der Waals surface area contributed by atoms with Crippen LogP contribution in [-0.4, -0.2) is 53.1 Å². The zero-order valence-electron chi connectivity index (χ0n) is 14.4. The molecule has 0 saturated carbocycles. The van der Waals surface area contributed by atoms with Crippen LogP contribution in [0.15, 0.2) is 17.0 Å². The summed E-state index contributed by atoms with van der Waals surface area (Å²) in [7, 11) is -1.94. The van der Waals surface area contributed by atoms with Crippen LogP contribution in [0.5, 0.6) is 5.75 Å². The predicted octanol–water partition coefficient (Wildman–Crippen LogP) is 2.61. The standard InChI is InChI=1S/C14H23NO6S2/c1-10-8-12(20-14(16)15(3)4)9-11(2)13(10)22(6,7)21-23(17,18)19-5/h8-9H,1-7H3. The lowest BCUT2D eigenvalue weighted by molar-refractivity contribution is 0.172. The minimum absolute atomic E-state index is 0.396. The lowest BCUT2D eigenvalue weighted by atomic mass is 10.1. The Hall–Kier alpha value is -1.29. The van der Waals surface area contributed by atoms with Crippen LogP contribution in [0.25, 0.3) is 0 Å². The third-order valence-corrected chi connectivity index (χ3v) is 7.02. The molecule has 1 amide bonds. The lowest BCUT2D eigenvalue weighted by Crippen LogP contribution is -2.25. The zero-order valence-corrected chi connectivity index (χ0v) is 16.0. The van der Waals surface area contributed by atoms with Crippen molar-refractivity contribution in [3.63, 3.8) is 0 Å². The first-order valence-electron chi connectivity index (χ1n) is 6.65. The van der Waals surface area contributed by atoms with Gasteiger partial charge in [0, 0.05) is 19.0 Å². The average molecular weight is 365 g/mol. The Morgan fingerprint density at radius 3 is 1.96 bits per heavy atom. The molecule has 0 aliphatic rings. The molecule has 0 saturated heterocycles. The average Bonchev–Trinajstić information content (AvgIpc) is 2.35. The normalized spacial score (nSPS) is 12.8. The monoisotopic (exact) mass is 365 g/mol. The maximum atomic E-state index is 11.6. The number of ether oxygens (including phenoxy) is 1. The molecule has 0 aliphatic heterocycles. The summed E-state index contributed by atoms with van der Waals surface area (Å²) in [6, 6.07) is 3.36. The van der Waals surface area contributed by atoms with E-state index in [1.54, 1.807) is 38.7 Å². The smallest absolute Gasteiger partial charge is 0.410 e. The summed E-state index contributed by atoms with van der Waals surface area (Å²) in [4.78, 5) is 13.7. The van der Waals surface area contributed by atoms with Gasteiger partial charge in [0.25, 0.3) is 0 Å². The molecule has 0 heterocycles. The van der Waals surface area contributed by atoms with E-state index < -0.39 is 26.8 Å². The van der Waals surface area contributed by atoms with Crippen molar-refractivity contribution in [3.8, 4) is 5.75 Å². The van der Waals surface area contributed by atoms with Gasteiger partial charge in [-0.1, -0.05) is 10.3 Å². The molecule has 0 unspecified atom stereocenters. The molecule has 0 aromatic heterocycles. The SMILES string of the molecule is COS(=O)(=O)OS(C)(C)c1c(C)cc(OC(=O)N(C)C)cc1C. The predicted molar refractivity (Wildman–Crippen MR) is 90.3 cm³/mol. The van der Waals surface area contributed by atoms with Gasteiger partial charge in [0.2, 0.25) is 0 Å². The molecular formula is C14H23NO6S2. The Bertz CT molecular complexity index is 674. The molecule has 1 aromatic carbocycles. The van der Waals surface area contributed by atoms with Gasteiger partial charge in [-0.2, -0.15) is 12.0 Å². The summed E-state index contributed by atoms with van der Waals surface area (Å²) in [5.41, 5.74) is 1.55. The fraction of sp³-hybridized carbons (Fsp3) is 0.500. The Morgan fingerprint density at radius 2 is 1.57 bits per heavy atom. The molecule has 1 rings (SSSR count). The van der Waals surface area contributed by atoms with Gasteiger partial charge in [-0.3, -0.25) is 4.18 Å². The minimum Gasteiger partial charge on any atom is -0.410 e. The lowest BCUT2D eigenvalue weighted by Gasteiger charge is -2.32. The van der Waals surface area contributed by atoms with Crippen LogP contribution in [0.3, 0.4) is 0 Å². The molecule has 0 N–H and O–H groups in total. The van der Waals surface area contributed by atoms with Crippen molar-refractivity contribution in [2.24, 2.45) is 0 Å². The largest absolute Gasteiger partial charge is 0.414 e. The summed E-state index contributed by atoms with van der Waals surface area (Å²) >= 11 is 0. The van der Waals surface area contributed by atoms with Crippen LogP contribution < -0.4 is 4.74 Å². The van der Waals surface area contributed by atoms with E-state index in [4.69, 9.17) is 8.37 Å². The van der Waals surface area contributed by atoms with Crippen molar-refractivity contribution in [1.29, 1.82) is 0 Å². The van der Waals surface area contributed by atoms with E-state index >= 15 is 0 Å². The topological polar surface area (TPSA) is 82.1 Å². The number of hydrogen-bond donors (Lipinski definition) is 0. The van der Waals surface area contributed by atoms with E-state index in [2.05, 4.69) is 4.18 Å². The van der Waals surface area contributed by atoms with Gasteiger partial charge >= 0.3 is 16.5 Å². The van der Waals surface area contributed by atoms with Gasteiger partial charge in [-0.15, -0.1) is 0 Å². The number of carbonyl (C=O) groups excluding carboxylic acids is 1. The maximum Gasteiger partial charge on any atom is 0.414 e. The van der Waals surface area contributed by atoms with E-state index in [1.807, 2.05) is 13.8 Å². The third kappa shape index (κ3) is 5.10. The van der Waals surface area contributed by atoms with Crippen molar-refractivity contribution in [2.45, 2.75) is 18.7 Å². The number of nitrogens with zero attached hydrogens (tertiary/aromatic N) is 1. The Kier molecular flexibility index (Phi) is 6.08. The number of amides is 1. The van der Waals surface area contributed by atoms with Crippen molar-refractivity contribution >= 4 is 26.8 Å². The first-order chi connectivity index (χ1) is 10.4. The highest BCUT2D eigenvalue weighted by molar-refractivity contribution is 8.31. The minimum atomic E-state index is -4.05. The molecule has 7 nitrogen and oxygen atoms in total. The highest BCUT2D eigenvalue weighted by Crippen LogP contribution is 2.55. The van der Waals surface area contributed by atoms with Crippen LogP contribution >= 0.6 is 10.3 Å². The molecule has 0 spiro atoms. The Labute approximate surface area is 139 Å². The second kappa shape index (κ2) is 7.08. The first kappa shape index (κ1) is 19.8. The van der Waals surface area contributed by atoms with Crippen LogP contribution in [0, 0.1) is 13.8 Å². The van der Waals surface area contributed by atoms with Gasteiger partial charge in [-0.05, 0) is 49.6 Å². The molecule has 23 heavy (non-hydrogen) atoms. The van der Waals surface area contributed by atoms with E-state index in [1.165, 1.54) is 4.90 Å². The molecule has 0 fully saturated rings. The summed E-state index contributed by atoms with van der Waals surface area (Å²) in [6.45, 7) is 3.62. The van der Waals surface area contributed by atoms with Crippen molar-refractivity contribution in [2.75, 3.05) is 33.7 Å². The molecule has 0 aliphatic carbocycles. The number of benzene rings is 1. The van der Waals surface area contributed by atoms with Crippen molar-refractivity contribution in [3.05, 3.63) is 23.3 Å². The number of hydrogen-bond acceptors (Lipinski definition) is 6. The molecule has 0 atom stereocenters. The summed E-state index contributed by atoms with van der Waals surface area (Å²) < 4.78 is 38.0. The van der Waals surface area contributed by atoms with Gasteiger partial charge in [0.1, 0.15) is 5.75 Å². The van der Waals surface area contributed by atoms with Crippen LogP contribution in [0.1, 0.15) is 11.1 Å². The quantitative estimate of drug-likeness (QED) is 0.798. The van der Waals surface area contributed by atoms with E-state index in [0.29, 0.717) is 5.75 Å². The Morgan fingerprint density at radius 1 is 1.09 bits per heavy atom. The second-order valence-corrected chi connectivity index (χ2v) is 10.1.